The Morgan fingerprint density at radius 2 is 1.75 bits per heavy atom. The number of anilines is 1. The Kier molecular flexibility index (Phi) is 7.48. The number of nitrogens with zero attached hydrogens (tertiary/aromatic N) is 2. The molecule has 8 heteroatoms. The minimum atomic E-state index is -4.05. The molecule has 1 heterocycles. The molecule has 3 aromatic rings. The van der Waals surface area contributed by atoms with Gasteiger partial charge < -0.3 is 10.1 Å². The molecule has 0 aliphatic heterocycles. The van der Waals surface area contributed by atoms with Gasteiger partial charge in [0.2, 0.25) is 11.8 Å². The molecule has 32 heavy (non-hydrogen) atoms. The lowest BCUT2D eigenvalue weighted by atomic mass is 10.1. The van der Waals surface area contributed by atoms with Crippen LogP contribution in [-0.4, -0.2) is 32.5 Å². The van der Waals surface area contributed by atoms with E-state index in [1.807, 2.05) is 30.3 Å². The summed E-state index contributed by atoms with van der Waals surface area (Å²) in [6.45, 7) is 3.81. The number of nitrogens with one attached hydrogen (secondary N) is 1. The lowest BCUT2D eigenvalue weighted by Gasteiger charge is -2.31. The van der Waals surface area contributed by atoms with Crippen LogP contribution in [-0.2, 0) is 21.4 Å². The summed E-state index contributed by atoms with van der Waals surface area (Å²) in [5.41, 5.74) is 1.81. The summed E-state index contributed by atoms with van der Waals surface area (Å²) in [6.07, 6.45) is 1.68. The Hall–Kier alpha value is -3.39. The maximum atomic E-state index is 13.8. The number of benzene rings is 2. The van der Waals surface area contributed by atoms with E-state index in [4.69, 9.17) is 4.74 Å². The number of methoxy groups -OCH3 is 1. The van der Waals surface area contributed by atoms with Crippen molar-refractivity contribution in [2.24, 2.45) is 0 Å². The molecule has 168 valence electrons. The highest BCUT2D eigenvalue weighted by Gasteiger charge is 2.36. The van der Waals surface area contributed by atoms with Crippen LogP contribution < -0.4 is 14.4 Å². The van der Waals surface area contributed by atoms with Gasteiger partial charge in [0, 0.05) is 12.6 Å². The second-order valence-electron chi connectivity index (χ2n) is 7.25. The van der Waals surface area contributed by atoms with Crippen LogP contribution in [0.5, 0.6) is 5.88 Å². The molecule has 1 amide bonds. The minimum absolute atomic E-state index is 0.144. The van der Waals surface area contributed by atoms with Crippen LogP contribution in [0.4, 0.5) is 5.69 Å². The minimum Gasteiger partial charge on any atom is -0.481 e. The predicted molar refractivity (Wildman–Crippen MR) is 124 cm³/mol. The van der Waals surface area contributed by atoms with E-state index in [2.05, 4.69) is 10.3 Å². The first-order valence-electron chi connectivity index (χ1n) is 10.3. The number of hydrogen-bond donors (Lipinski definition) is 1. The molecular weight excluding hydrogens is 426 g/mol. The van der Waals surface area contributed by atoms with Gasteiger partial charge in [-0.05, 0) is 36.6 Å². The molecule has 3 rings (SSSR count). The van der Waals surface area contributed by atoms with E-state index in [-0.39, 0.29) is 22.9 Å². The number of aryl methyl sites for hydroxylation is 1. The Labute approximate surface area is 189 Å². The number of sulfonamides is 1. The van der Waals surface area contributed by atoms with Crippen molar-refractivity contribution in [1.82, 2.24) is 10.3 Å². The highest BCUT2D eigenvalue weighted by atomic mass is 32.2. The number of aromatic nitrogens is 1. The van der Waals surface area contributed by atoms with E-state index in [1.165, 1.54) is 13.3 Å². The first-order valence-corrected chi connectivity index (χ1v) is 11.7. The molecule has 1 N–H and O–H groups in total. The first kappa shape index (κ1) is 23.3. The SMILES string of the molecule is CCC(C(=O)NCc1ccccc1)N(c1ccc(OC)nc1)S(=O)(=O)c1ccccc1C. The molecule has 0 bridgehead atoms. The topological polar surface area (TPSA) is 88.6 Å². The molecule has 1 unspecified atom stereocenters. The number of rotatable bonds is 9. The van der Waals surface area contributed by atoms with Gasteiger partial charge in [-0.25, -0.2) is 13.4 Å². The third-order valence-corrected chi connectivity index (χ3v) is 7.09. The van der Waals surface area contributed by atoms with Gasteiger partial charge in [-0.1, -0.05) is 55.5 Å². The number of carbonyl (C=O) groups excluding carboxylic acids is 1. The van der Waals surface area contributed by atoms with Crippen molar-refractivity contribution in [3.63, 3.8) is 0 Å². The zero-order valence-corrected chi connectivity index (χ0v) is 19.2. The van der Waals surface area contributed by atoms with Gasteiger partial charge in [-0.15, -0.1) is 0 Å². The molecule has 0 spiro atoms. The summed E-state index contributed by atoms with van der Waals surface area (Å²) in [4.78, 5) is 17.5. The normalized spacial score (nSPS) is 12.1. The second-order valence-corrected chi connectivity index (χ2v) is 9.04. The zero-order valence-electron chi connectivity index (χ0n) is 18.4. The molecule has 0 saturated heterocycles. The van der Waals surface area contributed by atoms with Gasteiger partial charge >= 0.3 is 0 Å². The van der Waals surface area contributed by atoms with Gasteiger partial charge in [-0.2, -0.15) is 0 Å². The van der Waals surface area contributed by atoms with Crippen molar-refractivity contribution in [2.45, 2.75) is 37.8 Å². The highest BCUT2D eigenvalue weighted by molar-refractivity contribution is 7.93. The van der Waals surface area contributed by atoms with Gasteiger partial charge in [0.15, 0.2) is 0 Å². The lowest BCUT2D eigenvalue weighted by molar-refractivity contribution is -0.122. The fourth-order valence-electron chi connectivity index (χ4n) is 3.42. The third kappa shape index (κ3) is 5.08. The average molecular weight is 454 g/mol. The van der Waals surface area contributed by atoms with Crippen LogP contribution in [0.25, 0.3) is 0 Å². The Morgan fingerprint density at radius 1 is 1.06 bits per heavy atom. The van der Waals surface area contributed by atoms with Crippen LogP contribution in [0.3, 0.4) is 0 Å². The molecule has 1 aromatic heterocycles. The quantitative estimate of drug-likeness (QED) is 0.534. The van der Waals surface area contributed by atoms with E-state index >= 15 is 0 Å². The fourth-order valence-corrected chi connectivity index (χ4v) is 5.32. The van der Waals surface area contributed by atoms with E-state index in [9.17, 15) is 13.2 Å². The smallest absolute Gasteiger partial charge is 0.265 e. The van der Waals surface area contributed by atoms with Gasteiger partial charge in [0.1, 0.15) is 6.04 Å². The number of hydrogen-bond acceptors (Lipinski definition) is 5. The number of amides is 1. The average Bonchev–Trinajstić information content (AvgIpc) is 2.81. The third-order valence-electron chi connectivity index (χ3n) is 5.10. The molecule has 7 nitrogen and oxygen atoms in total. The predicted octanol–water partition coefficient (Wildman–Crippen LogP) is 3.69. The Balaban J connectivity index is 2.01. The van der Waals surface area contributed by atoms with Crippen molar-refractivity contribution in [3.8, 4) is 5.88 Å². The summed E-state index contributed by atoms with van der Waals surface area (Å²) in [5.74, 6) is -0.0344. The number of ether oxygens (including phenoxy) is 1. The number of pyridine rings is 1. The Morgan fingerprint density at radius 3 is 2.34 bits per heavy atom. The summed E-state index contributed by atoms with van der Waals surface area (Å²) in [7, 11) is -2.57. The van der Waals surface area contributed by atoms with Crippen LogP contribution in [0.2, 0.25) is 0 Å². The molecule has 0 aliphatic rings. The summed E-state index contributed by atoms with van der Waals surface area (Å²) in [5, 5.41) is 2.87. The van der Waals surface area contributed by atoms with E-state index in [0.717, 1.165) is 9.87 Å². The molecule has 0 aliphatic carbocycles. The van der Waals surface area contributed by atoms with Crippen LogP contribution >= 0.6 is 0 Å². The van der Waals surface area contributed by atoms with E-state index in [1.54, 1.807) is 50.2 Å². The number of carbonyl (C=O) groups is 1. The molecule has 2 aromatic carbocycles. The summed E-state index contributed by atoms with van der Waals surface area (Å²) >= 11 is 0. The molecule has 0 radical (unpaired) electrons. The van der Waals surface area contributed by atoms with Crippen molar-refractivity contribution < 1.29 is 17.9 Å². The summed E-state index contributed by atoms with van der Waals surface area (Å²) < 4.78 is 33.8. The van der Waals surface area contributed by atoms with Crippen LogP contribution in [0.15, 0.2) is 77.8 Å². The maximum Gasteiger partial charge on any atom is 0.265 e. The monoisotopic (exact) mass is 453 g/mol. The lowest BCUT2D eigenvalue weighted by Crippen LogP contribution is -2.49. The zero-order chi connectivity index (χ0) is 23.1. The van der Waals surface area contributed by atoms with Crippen LogP contribution in [0.1, 0.15) is 24.5 Å². The first-order chi connectivity index (χ1) is 15.4. The van der Waals surface area contributed by atoms with E-state index < -0.39 is 16.1 Å². The van der Waals surface area contributed by atoms with Crippen molar-refractivity contribution in [2.75, 3.05) is 11.4 Å². The van der Waals surface area contributed by atoms with Crippen molar-refractivity contribution in [3.05, 3.63) is 84.1 Å². The fraction of sp³-hybridized carbons (Fsp3) is 0.250. The second kappa shape index (κ2) is 10.3. The summed E-state index contributed by atoms with van der Waals surface area (Å²) in [6, 6.07) is 18.4. The maximum absolute atomic E-state index is 13.8. The van der Waals surface area contributed by atoms with Crippen molar-refractivity contribution in [1.29, 1.82) is 0 Å². The molecular formula is C24H27N3O4S. The molecule has 0 saturated carbocycles. The molecule has 1 atom stereocenters. The van der Waals surface area contributed by atoms with Gasteiger partial charge in [0.05, 0.1) is 23.9 Å². The van der Waals surface area contributed by atoms with Gasteiger partial charge in [0.25, 0.3) is 10.0 Å². The molecule has 0 fully saturated rings. The van der Waals surface area contributed by atoms with Gasteiger partial charge in [-0.3, -0.25) is 9.10 Å². The van der Waals surface area contributed by atoms with Crippen LogP contribution in [0, 0.1) is 6.92 Å². The highest BCUT2D eigenvalue weighted by Crippen LogP contribution is 2.29. The standard InChI is InChI=1S/C24H27N3O4S/c1-4-21(24(28)26-16-19-11-6-5-7-12-19)27(20-14-15-23(31-3)25-17-20)32(29,30)22-13-9-8-10-18(22)2/h5-15,17,21H,4,16H2,1-3H3,(H,26,28). The largest absolute Gasteiger partial charge is 0.481 e. The Bertz CT molecular complexity index is 1150. The van der Waals surface area contributed by atoms with E-state index in [0.29, 0.717) is 18.0 Å². The van der Waals surface area contributed by atoms with Crippen molar-refractivity contribution >= 4 is 21.6 Å².